The van der Waals surface area contributed by atoms with Gasteiger partial charge in [0.25, 0.3) is 0 Å². The summed E-state index contributed by atoms with van der Waals surface area (Å²) in [5.41, 5.74) is 1.27. The molecule has 0 spiro atoms. The number of hydrogen-bond acceptors (Lipinski definition) is 3. The van der Waals surface area contributed by atoms with Crippen molar-refractivity contribution in [2.24, 2.45) is 0 Å². The van der Waals surface area contributed by atoms with Crippen LogP contribution in [-0.2, 0) is 9.47 Å². The van der Waals surface area contributed by atoms with Gasteiger partial charge in [-0.3, -0.25) is 4.90 Å². The molecule has 3 heteroatoms. The molecule has 0 aliphatic rings. The van der Waals surface area contributed by atoms with E-state index < -0.39 is 0 Å². The Balaban J connectivity index is 2.67. The Morgan fingerprint density at radius 3 is 2.07 bits per heavy atom. The molecule has 15 heavy (non-hydrogen) atoms. The van der Waals surface area contributed by atoms with Crippen LogP contribution >= 0.6 is 0 Å². The molecule has 0 saturated heterocycles. The van der Waals surface area contributed by atoms with Crippen LogP contribution in [0.2, 0.25) is 0 Å². The maximum atomic E-state index is 5.15. The van der Waals surface area contributed by atoms with Crippen molar-refractivity contribution >= 4 is 0 Å². The molecule has 0 aliphatic heterocycles. The maximum absolute atomic E-state index is 5.15. The molecule has 1 aromatic carbocycles. The quantitative estimate of drug-likeness (QED) is 0.671. The topological polar surface area (TPSA) is 21.7 Å². The van der Waals surface area contributed by atoms with Crippen molar-refractivity contribution in [2.45, 2.75) is 13.0 Å². The molecule has 1 aromatic rings. The van der Waals surface area contributed by atoms with Crippen LogP contribution in [0, 0.1) is 0 Å². The predicted octanol–water partition coefficient (Wildman–Crippen LogP) is 2.26. The number of hydrogen-bond donors (Lipinski definition) is 0. The molecule has 0 N–H and O–H groups in total. The highest BCUT2D eigenvalue weighted by atomic mass is 16.5. The highest BCUT2D eigenvalue weighted by Gasteiger charge is 2.14. The highest BCUT2D eigenvalue weighted by molar-refractivity contribution is 5.18. The van der Waals surface area contributed by atoms with Gasteiger partial charge in [-0.1, -0.05) is 30.3 Å². The molecule has 0 aromatic heterocycles. The van der Waals surface area contributed by atoms with Gasteiger partial charge in [0.2, 0.25) is 0 Å². The minimum atomic E-state index is 0.297. The first kappa shape index (κ1) is 12.2. The zero-order valence-corrected chi connectivity index (χ0v) is 9.64. The predicted molar refractivity (Wildman–Crippen MR) is 60.4 cm³/mol. The van der Waals surface area contributed by atoms with Gasteiger partial charge in [0.05, 0.1) is 0 Å². The lowest BCUT2D eigenvalue weighted by Crippen LogP contribution is -2.30. The monoisotopic (exact) mass is 209 g/mol. The molecular weight excluding hydrogens is 190 g/mol. The van der Waals surface area contributed by atoms with Gasteiger partial charge in [-0.2, -0.15) is 0 Å². The molecule has 0 bridgehead atoms. The number of methoxy groups -OCH3 is 2. The zero-order valence-electron chi connectivity index (χ0n) is 9.64. The average Bonchev–Trinajstić information content (AvgIpc) is 2.29. The average molecular weight is 209 g/mol. The molecule has 0 aliphatic carbocycles. The lowest BCUT2D eigenvalue weighted by Gasteiger charge is -2.27. The molecule has 84 valence electrons. The summed E-state index contributed by atoms with van der Waals surface area (Å²) in [6.07, 6.45) is 0. The lowest BCUT2D eigenvalue weighted by atomic mass is 10.1. The molecule has 1 atom stereocenters. The second kappa shape index (κ2) is 6.56. The van der Waals surface area contributed by atoms with Gasteiger partial charge >= 0.3 is 0 Å². The Bertz CT molecular complexity index is 258. The van der Waals surface area contributed by atoms with Crippen molar-refractivity contribution in [1.82, 2.24) is 4.90 Å². The van der Waals surface area contributed by atoms with Crippen LogP contribution in [0.3, 0.4) is 0 Å². The highest BCUT2D eigenvalue weighted by Crippen LogP contribution is 2.19. The molecule has 0 unspecified atom stereocenters. The van der Waals surface area contributed by atoms with Gasteiger partial charge < -0.3 is 9.47 Å². The van der Waals surface area contributed by atoms with Crippen LogP contribution in [0.1, 0.15) is 18.5 Å². The molecule has 3 nitrogen and oxygen atoms in total. The molecular formula is C12H19NO2. The summed E-state index contributed by atoms with van der Waals surface area (Å²) in [6.45, 7) is 3.29. The van der Waals surface area contributed by atoms with Crippen LogP contribution < -0.4 is 0 Å². The van der Waals surface area contributed by atoms with Crippen LogP contribution in [0.15, 0.2) is 30.3 Å². The summed E-state index contributed by atoms with van der Waals surface area (Å²) in [5.74, 6) is 0. The summed E-state index contributed by atoms with van der Waals surface area (Å²) < 4.78 is 10.3. The fourth-order valence-electron chi connectivity index (χ4n) is 1.53. The van der Waals surface area contributed by atoms with Crippen molar-refractivity contribution < 1.29 is 9.47 Å². The van der Waals surface area contributed by atoms with Crippen molar-refractivity contribution in [3.63, 3.8) is 0 Å². The first-order valence-corrected chi connectivity index (χ1v) is 5.06. The van der Waals surface area contributed by atoms with Crippen LogP contribution in [-0.4, -0.2) is 32.6 Å². The minimum Gasteiger partial charge on any atom is -0.369 e. The number of benzene rings is 1. The third-order valence-electron chi connectivity index (χ3n) is 2.42. The number of ether oxygens (including phenoxy) is 2. The Morgan fingerprint density at radius 1 is 1.07 bits per heavy atom. The molecule has 0 heterocycles. The molecule has 0 saturated carbocycles. The van der Waals surface area contributed by atoms with Crippen LogP contribution in [0.25, 0.3) is 0 Å². The molecule has 1 rings (SSSR count). The van der Waals surface area contributed by atoms with E-state index in [0.717, 1.165) is 0 Å². The second-order valence-electron chi connectivity index (χ2n) is 3.51. The number of rotatable bonds is 6. The Morgan fingerprint density at radius 2 is 1.60 bits per heavy atom. The van der Waals surface area contributed by atoms with E-state index in [2.05, 4.69) is 24.0 Å². The first-order chi connectivity index (χ1) is 7.29. The molecule has 0 fully saturated rings. The third-order valence-corrected chi connectivity index (χ3v) is 2.42. The van der Waals surface area contributed by atoms with Crippen molar-refractivity contribution in [2.75, 3.05) is 27.7 Å². The third kappa shape index (κ3) is 3.63. The van der Waals surface area contributed by atoms with Crippen molar-refractivity contribution in [1.29, 1.82) is 0 Å². The standard InChI is InChI=1S/C12H19NO2/c1-11(12-7-5-4-6-8-12)13(9-14-2)10-15-3/h4-8,11H,9-10H2,1-3H3/t11-/m0/s1. The minimum absolute atomic E-state index is 0.297. The zero-order chi connectivity index (χ0) is 11.1. The summed E-state index contributed by atoms with van der Waals surface area (Å²) in [7, 11) is 3.39. The van der Waals surface area contributed by atoms with E-state index in [9.17, 15) is 0 Å². The fourth-order valence-corrected chi connectivity index (χ4v) is 1.53. The number of nitrogens with zero attached hydrogens (tertiary/aromatic N) is 1. The van der Waals surface area contributed by atoms with Gasteiger partial charge in [-0.05, 0) is 12.5 Å². The van der Waals surface area contributed by atoms with E-state index >= 15 is 0 Å². The van der Waals surface area contributed by atoms with E-state index in [1.165, 1.54) is 5.56 Å². The lowest BCUT2D eigenvalue weighted by molar-refractivity contribution is -0.0360. The summed E-state index contributed by atoms with van der Waals surface area (Å²) in [6, 6.07) is 10.6. The smallest absolute Gasteiger partial charge is 0.101 e. The van der Waals surface area contributed by atoms with Gasteiger partial charge in [-0.15, -0.1) is 0 Å². The van der Waals surface area contributed by atoms with Gasteiger partial charge in [0.1, 0.15) is 13.5 Å². The second-order valence-corrected chi connectivity index (χ2v) is 3.51. The Hall–Kier alpha value is -0.900. The van der Waals surface area contributed by atoms with Gasteiger partial charge in [-0.25, -0.2) is 0 Å². The SMILES string of the molecule is COCN(COC)[C@@H](C)c1ccccc1. The van der Waals surface area contributed by atoms with Crippen LogP contribution in [0.4, 0.5) is 0 Å². The van der Waals surface area contributed by atoms with Crippen molar-refractivity contribution in [3.05, 3.63) is 35.9 Å². The van der Waals surface area contributed by atoms with E-state index in [4.69, 9.17) is 9.47 Å². The Labute approximate surface area is 91.6 Å². The largest absolute Gasteiger partial charge is 0.369 e. The van der Waals surface area contributed by atoms with E-state index in [1.54, 1.807) is 14.2 Å². The molecule has 0 amide bonds. The van der Waals surface area contributed by atoms with E-state index in [-0.39, 0.29) is 0 Å². The first-order valence-electron chi connectivity index (χ1n) is 5.06. The summed E-state index contributed by atoms with van der Waals surface area (Å²) >= 11 is 0. The van der Waals surface area contributed by atoms with E-state index in [1.807, 2.05) is 18.2 Å². The summed E-state index contributed by atoms with van der Waals surface area (Å²) in [5, 5.41) is 0. The Kier molecular flexibility index (Phi) is 5.32. The maximum Gasteiger partial charge on any atom is 0.101 e. The van der Waals surface area contributed by atoms with Crippen molar-refractivity contribution in [3.8, 4) is 0 Å². The van der Waals surface area contributed by atoms with Crippen LogP contribution in [0.5, 0.6) is 0 Å². The van der Waals surface area contributed by atoms with E-state index in [0.29, 0.717) is 19.5 Å². The van der Waals surface area contributed by atoms with Gasteiger partial charge in [0.15, 0.2) is 0 Å². The molecule has 0 radical (unpaired) electrons. The fraction of sp³-hybridized carbons (Fsp3) is 0.500. The van der Waals surface area contributed by atoms with Gasteiger partial charge in [0, 0.05) is 20.3 Å². The normalized spacial score (nSPS) is 13.1. The summed E-state index contributed by atoms with van der Waals surface area (Å²) in [4.78, 5) is 2.12.